The zero-order valence-electron chi connectivity index (χ0n) is 6.14. The quantitative estimate of drug-likeness (QED) is 0.754. The summed E-state index contributed by atoms with van der Waals surface area (Å²) in [5.41, 5.74) is 0. The van der Waals surface area contributed by atoms with Gasteiger partial charge >= 0.3 is 0 Å². The van der Waals surface area contributed by atoms with E-state index >= 15 is 0 Å². The molecule has 0 amide bonds. The Balaban J connectivity index is 0.000000653. The molecule has 68 valence electrons. The van der Waals surface area contributed by atoms with Crippen molar-refractivity contribution in [1.29, 1.82) is 0 Å². The van der Waals surface area contributed by atoms with Gasteiger partial charge in [0.2, 0.25) is 0 Å². The summed E-state index contributed by atoms with van der Waals surface area (Å²) in [5, 5.41) is 10.4. The fourth-order valence-electron chi connectivity index (χ4n) is 1.31. The number of thiazole rings is 1. The van der Waals surface area contributed by atoms with Crippen LogP contribution in [-0.2, 0) is 0 Å². The number of rotatable bonds is 1. The summed E-state index contributed by atoms with van der Waals surface area (Å²) in [4.78, 5) is 4.21. The first-order valence-corrected chi connectivity index (χ1v) is 4.52. The van der Waals surface area contributed by atoms with Gasteiger partial charge in [0.1, 0.15) is 10.8 Å². The first-order chi connectivity index (χ1) is 5.95. The number of hydrogen-bond acceptors (Lipinski definition) is 4. The highest BCUT2D eigenvalue weighted by atomic mass is 32.1. The Morgan fingerprint density at radius 3 is 3.08 bits per heavy atom. The van der Waals surface area contributed by atoms with E-state index in [2.05, 4.69) is 15.4 Å². The van der Waals surface area contributed by atoms with Crippen molar-refractivity contribution >= 4 is 17.2 Å². The lowest BCUT2D eigenvalue weighted by Gasteiger charge is -2.28. The van der Waals surface area contributed by atoms with Gasteiger partial charge in [0.25, 0.3) is 0 Å². The van der Waals surface area contributed by atoms with Crippen LogP contribution in [0.25, 0.3) is 0 Å². The molecule has 4 nitrogen and oxygen atoms in total. The van der Waals surface area contributed by atoms with Gasteiger partial charge in [-0.25, -0.2) is 9.67 Å². The third-order valence-corrected chi connectivity index (χ3v) is 2.71. The van der Waals surface area contributed by atoms with Crippen molar-refractivity contribution in [1.82, 2.24) is 14.8 Å². The third-order valence-electron chi connectivity index (χ3n) is 1.88. The molecule has 5 heteroatoms. The van der Waals surface area contributed by atoms with Gasteiger partial charge in [0.15, 0.2) is 6.17 Å². The highest BCUT2D eigenvalue weighted by Gasteiger charge is 2.28. The average Bonchev–Trinajstić information content (AvgIpc) is 2.62. The molecular formula is C8H10N4S. The Bertz CT molecular complexity index is 392. The normalized spacial score (nSPS) is 18.0. The van der Waals surface area contributed by atoms with Crippen molar-refractivity contribution in [2.45, 2.75) is 13.6 Å². The van der Waals surface area contributed by atoms with E-state index in [4.69, 9.17) is 0 Å². The first-order valence-electron chi connectivity index (χ1n) is 3.64. The smallest absolute Gasteiger partial charge is 0.176 e. The van der Waals surface area contributed by atoms with Gasteiger partial charge in [-0.1, -0.05) is 7.43 Å². The van der Waals surface area contributed by atoms with Gasteiger partial charge in [-0.2, -0.15) is 5.10 Å². The van der Waals surface area contributed by atoms with Crippen molar-refractivity contribution in [2.75, 3.05) is 5.32 Å². The van der Waals surface area contributed by atoms with Crippen LogP contribution in [-0.4, -0.2) is 14.8 Å². The lowest BCUT2D eigenvalue weighted by molar-refractivity contribution is 0.512. The minimum Gasteiger partial charge on any atom is -0.343 e. The lowest BCUT2D eigenvalue weighted by Crippen LogP contribution is -2.31. The minimum atomic E-state index is 0. The standard InChI is InChI=1S/C7H6N4S.CH4/c1-2-9-11-5(1)10-6(11)7-8-3-4-12-7;/h1-4,6,10H;1H4. The monoisotopic (exact) mass is 194 g/mol. The summed E-state index contributed by atoms with van der Waals surface area (Å²) in [6.45, 7) is 0. The van der Waals surface area contributed by atoms with E-state index in [1.165, 1.54) is 0 Å². The number of nitrogens with one attached hydrogen (secondary N) is 1. The summed E-state index contributed by atoms with van der Waals surface area (Å²) in [7, 11) is 0. The fraction of sp³-hybridized carbons (Fsp3) is 0.250. The molecule has 0 radical (unpaired) electrons. The molecule has 0 aliphatic carbocycles. The summed E-state index contributed by atoms with van der Waals surface area (Å²) >= 11 is 1.64. The predicted octanol–water partition coefficient (Wildman–Crippen LogP) is 1.95. The molecule has 3 heterocycles. The zero-order valence-corrected chi connectivity index (χ0v) is 6.95. The van der Waals surface area contributed by atoms with Gasteiger partial charge in [0.05, 0.1) is 6.20 Å². The molecule has 0 bridgehead atoms. The third kappa shape index (κ3) is 1.04. The molecular weight excluding hydrogens is 184 g/mol. The highest BCUT2D eigenvalue weighted by Crippen LogP contribution is 2.32. The van der Waals surface area contributed by atoms with E-state index in [0.717, 1.165) is 10.8 Å². The summed E-state index contributed by atoms with van der Waals surface area (Å²) in [6, 6.07) is 1.95. The predicted molar refractivity (Wildman–Crippen MR) is 52.8 cm³/mol. The Hall–Kier alpha value is -1.36. The van der Waals surface area contributed by atoms with Crippen LogP contribution in [0.5, 0.6) is 0 Å². The van der Waals surface area contributed by atoms with Crippen LogP contribution < -0.4 is 5.32 Å². The number of aromatic nitrogens is 3. The van der Waals surface area contributed by atoms with E-state index in [0.29, 0.717) is 0 Å². The second-order valence-corrected chi connectivity index (χ2v) is 3.50. The van der Waals surface area contributed by atoms with E-state index in [1.54, 1.807) is 17.5 Å². The largest absolute Gasteiger partial charge is 0.343 e. The molecule has 0 aromatic carbocycles. The Morgan fingerprint density at radius 1 is 1.46 bits per heavy atom. The summed E-state index contributed by atoms with van der Waals surface area (Å²) in [6.07, 6.45) is 3.76. The first kappa shape index (κ1) is 8.25. The van der Waals surface area contributed by atoms with Crippen molar-refractivity contribution in [3.63, 3.8) is 0 Å². The van der Waals surface area contributed by atoms with E-state index < -0.39 is 0 Å². The Kier molecular flexibility index (Phi) is 1.81. The highest BCUT2D eigenvalue weighted by molar-refractivity contribution is 7.09. The maximum atomic E-state index is 4.21. The number of fused-ring (bicyclic) bond motifs is 1. The molecule has 3 rings (SSSR count). The van der Waals surface area contributed by atoms with Gasteiger partial charge < -0.3 is 5.32 Å². The number of hydrogen-bond donors (Lipinski definition) is 1. The molecule has 0 saturated heterocycles. The van der Waals surface area contributed by atoms with Crippen molar-refractivity contribution in [2.24, 2.45) is 0 Å². The van der Waals surface area contributed by atoms with E-state index in [1.807, 2.05) is 22.3 Å². The second-order valence-electron chi connectivity index (χ2n) is 2.58. The Morgan fingerprint density at radius 2 is 2.38 bits per heavy atom. The Labute approximate surface area is 80.2 Å². The van der Waals surface area contributed by atoms with Gasteiger partial charge in [-0.3, -0.25) is 0 Å². The molecule has 13 heavy (non-hydrogen) atoms. The molecule has 1 N–H and O–H groups in total. The van der Waals surface area contributed by atoms with Crippen LogP contribution in [0, 0.1) is 0 Å². The fourth-order valence-corrected chi connectivity index (χ4v) is 1.98. The average molecular weight is 194 g/mol. The SMILES string of the molecule is C.c1csc(C2Nc3ccnn32)n1. The van der Waals surface area contributed by atoms with Gasteiger partial charge in [-0.15, -0.1) is 11.3 Å². The van der Waals surface area contributed by atoms with Crippen LogP contribution in [0.2, 0.25) is 0 Å². The topological polar surface area (TPSA) is 42.7 Å². The number of nitrogens with zero attached hydrogens (tertiary/aromatic N) is 3. The molecule has 2 aromatic heterocycles. The molecule has 0 saturated carbocycles. The van der Waals surface area contributed by atoms with Crippen LogP contribution in [0.1, 0.15) is 18.6 Å². The van der Waals surface area contributed by atoms with Gasteiger partial charge in [0, 0.05) is 17.6 Å². The molecule has 0 fully saturated rings. The zero-order chi connectivity index (χ0) is 7.97. The van der Waals surface area contributed by atoms with Crippen LogP contribution in [0.3, 0.4) is 0 Å². The van der Waals surface area contributed by atoms with Gasteiger partial charge in [-0.05, 0) is 0 Å². The van der Waals surface area contributed by atoms with Crippen molar-refractivity contribution in [3.05, 3.63) is 28.8 Å². The second kappa shape index (κ2) is 2.85. The molecule has 1 aliphatic heterocycles. The minimum absolute atomic E-state index is 0. The molecule has 0 spiro atoms. The van der Waals surface area contributed by atoms with Crippen LogP contribution >= 0.6 is 11.3 Å². The molecule has 2 aromatic rings. The van der Waals surface area contributed by atoms with E-state index in [9.17, 15) is 0 Å². The van der Waals surface area contributed by atoms with Crippen molar-refractivity contribution in [3.8, 4) is 0 Å². The lowest BCUT2D eigenvalue weighted by atomic mass is 10.4. The summed E-state index contributed by atoms with van der Waals surface area (Å²) in [5.74, 6) is 1.07. The number of anilines is 1. The molecule has 1 unspecified atom stereocenters. The van der Waals surface area contributed by atoms with Crippen LogP contribution in [0.15, 0.2) is 23.8 Å². The molecule has 1 atom stereocenters. The molecule has 1 aliphatic rings. The van der Waals surface area contributed by atoms with E-state index in [-0.39, 0.29) is 13.6 Å². The maximum absolute atomic E-state index is 4.21. The summed E-state index contributed by atoms with van der Waals surface area (Å²) < 4.78 is 1.93. The maximum Gasteiger partial charge on any atom is 0.176 e. The van der Waals surface area contributed by atoms with Crippen molar-refractivity contribution < 1.29 is 0 Å². The van der Waals surface area contributed by atoms with Crippen LogP contribution in [0.4, 0.5) is 5.82 Å².